The molecule has 0 aliphatic heterocycles. The van der Waals surface area contributed by atoms with Gasteiger partial charge in [-0.05, 0) is 206 Å². The molecule has 0 aromatic heterocycles. The van der Waals surface area contributed by atoms with Gasteiger partial charge < -0.3 is 4.90 Å². The molecule has 0 amide bonds. The SMILES string of the molecule is CC(C)c1ccc(N(c2ccc3cc4c(cc3c2)-c2cc3ccc(C(C)(C)C)cc3cc2-4)c2ccc3cc4c(cc3c2)-c2cc3ccc(C(C)(C)C)cc3cc2-4)cc1. The number of rotatable bonds is 4. The molecule has 1 nitrogen and oxygen atoms in total. The highest BCUT2D eigenvalue weighted by atomic mass is 15.1. The quantitative estimate of drug-likeness (QED) is 0.173. The van der Waals surface area contributed by atoms with Crippen molar-refractivity contribution in [3.63, 3.8) is 0 Å². The Balaban J connectivity index is 0.995. The largest absolute Gasteiger partial charge is 0.310 e. The molecule has 0 heterocycles. The van der Waals surface area contributed by atoms with E-state index < -0.39 is 0 Å². The van der Waals surface area contributed by atoms with Gasteiger partial charge in [-0.3, -0.25) is 0 Å². The fourth-order valence-corrected chi connectivity index (χ4v) is 9.49. The van der Waals surface area contributed by atoms with Crippen molar-refractivity contribution >= 4 is 60.2 Å². The van der Waals surface area contributed by atoms with E-state index in [0.717, 1.165) is 17.1 Å². The molecule has 1 heteroatoms. The van der Waals surface area contributed by atoms with Crippen molar-refractivity contribution in [3.05, 3.63) is 162 Å². The first-order valence-corrected chi connectivity index (χ1v) is 21.0. The Bertz CT molecular complexity index is 3010. The number of hydrogen-bond acceptors (Lipinski definition) is 1. The predicted molar refractivity (Wildman–Crippen MR) is 251 cm³/mol. The van der Waals surface area contributed by atoms with Crippen molar-refractivity contribution in [1.29, 1.82) is 0 Å². The minimum Gasteiger partial charge on any atom is -0.310 e. The maximum absolute atomic E-state index is 2.43. The number of benzene rings is 9. The summed E-state index contributed by atoms with van der Waals surface area (Å²) in [5.41, 5.74) is 18.7. The summed E-state index contributed by atoms with van der Waals surface area (Å²) in [6.07, 6.45) is 0. The maximum atomic E-state index is 2.43. The Labute approximate surface area is 342 Å². The third-order valence-electron chi connectivity index (χ3n) is 13.1. The normalized spacial score (nSPS) is 13.0. The van der Waals surface area contributed by atoms with Crippen molar-refractivity contribution in [2.45, 2.75) is 72.1 Å². The van der Waals surface area contributed by atoms with E-state index in [0.29, 0.717) is 5.92 Å². The summed E-state index contributed by atoms with van der Waals surface area (Å²) >= 11 is 0. The van der Waals surface area contributed by atoms with Crippen LogP contribution in [0.15, 0.2) is 146 Å². The van der Waals surface area contributed by atoms with E-state index in [1.165, 1.54) is 104 Å². The van der Waals surface area contributed by atoms with Gasteiger partial charge >= 0.3 is 0 Å². The van der Waals surface area contributed by atoms with E-state index in [1.54, 1.807) is 0 Å². The lowest BCUT2D eigenvalue weighted by atomic mass is 9.77. The van der Waals surface area contributed by atoms with Gasteiger partial charge in [-0.25, -0.2) is 0 Å². The van der Waals surface area contributed by atoms with Crippen LogP contribution < -0.4 is 4.90 Å². The fraction of sp³-hybridized carbons (Fsp3) is 0.193. The van der Waals surface area contributed by atoms with Crippen LogP contribution in [0.3, 0.4) is 0 Å². The molecule has 9 aromatic carbocycles. The third-order valence-corrected chi connectivity index (χ3v) is 13.1. The standard InChI is InChI=1S/C57H49N/c1-33(2)34-11-17-45(18-12-34)58(46-19-13-37-27-50-52-29-39-21-43(56(3,4)5)15-9-35(39)25-48(52)54(50)31-41(37)23-46)47-20-14-38-28-51-53-30-40-22-44(57(6,7)8)16-10-36(40)26-49(53)55(51)32-42(38)24-47/h9-33H,1-8H3. The van der Waals surface area contributed by atoms with E-state index in [4.69, 9.17) is 0 Å². The van der Waals surface area contributed by atoms with Gasteiger partial charge in [0.1, 0.15) is 0 Å². The van der Waals surface area contributed by atoms with Crippen LogP contribution in [-0.2, 0) is 10.8 Å². The van der Waals surface area contributed by atoms with E-state index in [9.17, 15) is 0 Å². The third kappa shape index (κ3) is 5.43. The average Bonchev–Trinajstić information content (AvgIpc) is 3.20. The average molecular weight is 748 g/mol. The van der Waals surface area contributed by atoms with Gasteiger partial charge in [0, 0.05) is 17.1 Å². The molecule has 0 saturated carbocycles. The van der Waals surface area contributed by atoms with Gasteiger partial charge in [-0.15, -0.1) is 0 Å². The molecule has 0 fully saturated rings. The lowest BCUT2D eigenvalue weighted by molar-refractivity contribution is 0.591. The van der Waals surface area contributed by atoms with Crippen molar-refractivity contribution in [1.82, 2.24) is 0 Å². The van der Waals surface area contributed by atoms with Crippen LogP contribution in [0.1, 0.15) is 78.0 Å². The van der Waals surface area contributed by atoms with Crippen LogP contribution in [-0.4, -0.2) is 0 Å². The van der Waals surface area contributed by atoms with Gasteiger partial charge in [0.2, 0.25) is 0 Å². The van der Waals surface area contributed by atoms with Crippen LogP contribution in [0.2, 0.25) is 0 Å². The highest BCUT2D eigenvalue weighted by Gasteiger charge is 2.27. The zero-order valence-electron chi connectivity index (χ0n) is 34.9. The van der Waals surface area contributed by atoms with Gasteiger partial charge in [0.25, 0.3) is 0 Å². The molecular formula is C57H49N. The van der Waals surface area contributed by atoms with Crippen LogP contribution >= 0.6 is 0 Å². The molecule has 282 valence electrons. The van der Waals surface area contributed by atoms with Crippen molar-refractivity contribution < 1.29 is 0 Å². The molecule has 0 unspecified atom stereocenters. The molecule has 2 aliphatic carbocycles. The minimum absolute atomic E-state index is 0.125. The zero-order valence-corrected chi connectivity index (χ0v) is 34.9. The van der Waals surface area contributed by atoms with Gasteiger partial charge in [-0.2, -0.15) is 0 Å². The zero-order chi connectivity index (χ0) is 39.8. The fourth-order valence-electron chi connectivity index (χ4n) is 9.49. The van der Waals surface area contributed by atoms with E-state index in [1.807, 2.05) is 0 Å². The summed E-state index contributed by atoms with van der Waals surface area (Å²) in [6, 6.07) is 56.3. The summed E-state index contributed by atoms with van der Waals surface area (Å²) in [7, 11) is 0. The van der Waals surface area contributed by atoms with Crippen LogP contribution in [0.25, 0.3) is 87.6 Å². The Kier molecular flexibility index (Phi) is 7.35. The molecule has 0 saturated heterocycles. The topological polar surface area (TPSA) is 3.24 Å². The van der Waals surface area contributed by atoms with Crippen molar-refractivity contribution in [2.24, 2.45) is 0 Å². The van der Waals surface area contributed by atoms with Crippen molar-refractivity contribution in [2.75, 3.05) is 4.90 Å². The Hall–Kier alpha value is -6.18. The lowest BCUT2D eigenvalue weighted by Crippen LogP contribution is -2.11. The van der Waals surface area contributed by atoms with E-state index in [-0.39, 0.29) is 10.8 Å². The Morgan fingerprint density at radius 1 is 0.310 bits per heavy atom. The molecule has 0 spiro atoms. The lowest BCUT2D eigenvalue weighted by Gasteiger charge is -2.29. The molecule has 0 N–H and O–H groups in total. The smallest absolute Gasteiger partial charge is 0.0468 e. The first-order valence-electron chi connectivity index (χ1n) is 21.0. The molecule has 0 radical (unpaired) electrons. The number of hydrogen-bond donors (Lipinski definition) is 0. The molecule has 0 bridgehead atoms. The van der Waals surface area contributed by atoms with E-state index >= 15 is 0 Å². The molecular weight excluding hydrogens is 699 g/mol. The van der Waals surface area contributed by atoms with Crippen LogP contribution in [0.5, 0.6) is 0 Å². The molecule has 11 rings (SSSR count). The van der Waals surface area contributed by atoms with E-state index in [2.05, 4.69) is 206 Å². The summed E-state index contributed by atoms with van der Waals surface area (Å²) in [5.74, 6) is 0.473. The first-order chi connectivity index (χ1) is 27.8. The summed E-state index contributed by atoms with van der Waals surface area (Å²) in [5, 5.41) is 10.3. The summed E-state index contributed by atoms with van der Waals surface area (Å²) in [4.78, 5) is 2.43. The Morgan fingerprint density at radius 2 is 0.603 bits per heavy atom. The number of fused-ring (bicyclic) bond motifs is 12. The maximum Gasteiger partial charge on any atom is 0.0468 e. The Morgan fingerprint density at radius 3 is 0.931 bits per heavy atom. The van der Waals surface area contributed by atoms with Gasteiger partial charge in [-0.1, -0.05) is 116 Å². The molecule has 9 aromatic rings. The predicted octanol–water partition coefficient (Wildman–Crippen LogP) is 16.8. The second-order valence-corrected chi connectivity index (χ2v) is 19.4. The van der Waals surface area contributed by atoms with Crippen LogP contribution in [0.4, 0.5) is 17.1 Å². The second kappa shape index (κ2) is 12.2. The number of nitrogens with zero attached hydrogens (tertiary/aromatic N) is 1. The highest BCUT2D eigenvalue weighted by Crippen LogP contribution is 2.53. The first kappa shape index (κ1) is 35.0. The molecule has 2 aliphatic rings. The van der Waals surface area contributed by atoms with Gasteiger partial charge in [0.05, 0.1) is 0 Å². The van der Waals surface area contributed by atoms with Crippen LogP contribution in [0, 0.1) is 0 Å². The summed E-state index contributed by atoms with van der Waals surface area (Å²) in [6.45, 7) is 18.3. The molecule has 58 heavy (non-hydrogen) atoms. The van der Waals surface area contributed by atoms with Gasteiger partial charge in [0.15, 0.2) is 0 Å². The highest BCUT2D eigenvalue weighted by molar-refractivity contribution is 6.14. The monoisotopic (exact) mass is 747 g/mol. The number of anilines is 3. The molecule has 0 atom stereocenters. The van der Waals surface area contributed by atoms with Crippen molar-refractivity contribution in [3.8, 4) is 44.5 Å². The summed E-state index contributed by atoms with van der Waals surface area (Å²) < 4.78 is 0. The minimum atomic E-state index is 0.125. The second-order valence-electron chi connectivity index (χ2n) is 19.4.